The Morgan fingerprint density at radius 2 is 1.89 bits per heavy atom. The summed E-state index contributed by atoms with van der Waals surface area (Å²) in [5.41, 5.74) is 1.24. The van der Waals surface area contributed by atoms with Crippen LogP contribution in [0, 0.1) is 11.2 Å². The molecule has 0 spiro atoms. The van der Waals surface area contributed by atoms with E-state index in [0.29, 0.717) is 27.1 Å². The smallest absolute Gasteiger partial charge is 0.283 e. The summed E-state index contributed by atoms with van der Waals surface area (Å²) < 4.78 is 19.4. The van der Waals surface area contributed by atoms with Gasteiger partial charge in [0.15, 0.2) is 5.84 Å². The van der Waals surface area contributed by atoms with Crippen LogP contribution >= 0.6 is 11.8 Å². The highest BCUT2D eigenvalue weighted by Crippen LogP contribution is 2.30. The van der Waals surface area contributed by atoms with E-state index in [9.17, 15) is 14.0 Å². The minimum atomic E-state index is -0.532. The van der Waals surface area contributed by atoms with E-state index in [4.69, 9.17) is 10.1 Å². The highest BCUT2D eigenvalue weighted by molar-refractivity contribution is 8.27. The Balaban J connectivity index is 1.26. The fourth-order valence-electron chi connectivity index (χ4n) is 3.91. The number of benzene rings is 2. The van der Waals surface area contributed by atoms with E-state index in [-0.39, 0.29) is 36.2 Å². The van der Waals surface area contributed by atoms with Crippen molar-refractivity contribution in [2.75, 3.05) is 13.1 Å². The van der Waals surface area contributed by atoms with Gasteiger partial charge in [-0.15, -0.1) is 0 Å². The first kappa shape index (κ1) is 23.0. The van der Waals surface area contributed by atoms with E-state index in [2.05, 4.69) is 10.1 Å². The standard InChI is InChI=1S/C25H22FN5O3S/c26-20-6-2-1-5-17(20)15-34-18-9-7-16(8-10-18)13-19-23(27)31-25(28-24(19)33)35-21(29-31)14-22(32)30-11-3-4-12-30/h1-2,5-10,13,27H,3-4,11-12,14-15H2/b19-13-,27-23?. The molecule has 0 atom stereocenters. The number of carbonyl (C=O) groups is 2. The normalized spacial score (nSPS) is 18.6. The minimum absolute atomic E-state index is 0.000121. The molecule has 5 rings (SSSR count). The van der Waals surface area contributed by atoms with Crippen molar-refractivity contribution < 1.29 is 18.7 Å². The molecule has 3 aliphatic heterocycles. The summed E-state index contributed by atoms with van der Waals surface area (Å²) >= 11 is 1.15. The highest BCUT2D eigenvalue weighted by Gasteiger charge is 2.36. The third kappa shape index (κ3) is 5.02. The molecule has 3 aliphatic rings. The number of hydrazone groups is 1. The molecule has 35 heavy (non-hydrogen) atoms. The lowest BCUT2D eigenvalue weighted by Gasteiger charge is -2.20. The average molecular weight is 492 g/mol. The zero-order valence-electron chi connectivity index (χ0n) is 18.7. The fourth-order valence-corrected chi connectivity index (χ4v) is 4.79. The second-order valence-corrected chi connectivity index (χ2v) is 9.27. The third-order valence-electron chi connectivity index (χ3n) is 5.80. The number of thioether (sulfide) groups is 1. The Kier molecular flexibility index (Phi) is 6.45. The molecule has 2 amide bonds. The summed E-state index contributed by atoms with van der Waals surface area (Å²) in [4.78, 5) is 31.0. The van der Waals surface area contributed by atoms with Gasteiger partial charge < -0.3 is 9.64 Å². The van der Waals surface area contributed by atoms with Gasteiger partial charge >= 0.3 is 0 Å². The molecule has 0 unspecified atom stereocenters. The number of fused-ring (bicyclic) bond motifs is 1. The minimum Gasteiger partial charge on any atom is -0.489 e. The predicted molar refractivity (Wildman–Crippen MR) is 133 cm³/mol. The Morgan fingerprint density at radius 1 is 1.14 bits per heavy atom. The van der Waals surface area contributed by atoms with Crippen LogP contribution in [0.1, 0.15) is 30.4 Å². The lowest BCUT2D eigenvalue weighted by molar-refractivity contribution is -0.128. The predicted octanol–water partition coefficient (Wildman–Crippen LogP) is 4.04. The molecule has 0 aliphatic carbocycles. The number of nitrogens with zero attached hydrogens (tertiary/aromatic N) is 4. The zero-order chi connectivity index (χ0) is 24.4. The molecule has 0 radical (unpaired) electrons. The van der Waals surface area contributed by atoms with E-state index in [0.717, 1.165) is 37.7 Å². The van der Waals surface area contributed by atoms with Crippen molar-refractivity contribution >= 4 is 45.7 Å². The van der Waals surface area contributed by atoms with E-state index in [1.807, 2.05) is 4.90 Å². The topological polar surface area (TPSA) is 98.4 Å². The van der Waals surface area contributed by atoms with Gasteiger partial charge in [0.25, 0.3) is 5.91 Å². The van der Waals surface area contributed by atoms with Gasteiger partial charge in [-0.2, -0.15) is 15.1 Å². The quantitative estimate of drug-likeness (QED) is 0.615. The first-order chi connectivity index (χ1) is 17.0. The van der Waals surface area contributed by atoms with E-state index in [1.165, 1.54) is 11.1 Å². The van der Waals surface area contributed by atoms with E-state index >= 15 is 0 Å². The molecule has 8 nitrogen and oxygen atoms in total. The van der Waals surface area contributed by atoms with Crippen LogP contribution in [0.5, 0.6) is 5.75 Å². The summed E-state index contributed by atoms with van der Waals surface area (Å²) in [7, 11) is 0. The van der Waals surface area contributed by atoms with Crippen molar-refractivity contribution in [1.29, 1.82) is 5.41 Å². The van der Waals surface area contributed by atoms with Gasteiger partial charge in [-0.1, -0.05) is 30.3 Å². The van der Waals surface area contributed by atoms with Gasteiger partial charge in [0.2, 0.25) is 11.1 Å². The van der Waals surface area contributed by atoms with E-state index in [1.54, 1.807) is 48.5 Å². The molecule has 2 aromatic rings. The number of rotatable bonds is 6. The maximum atomic E-state index is 13.8. The first-order valence-electron chi connectivity index (χ1n) is 11.2. The highest BCUT2D eigenvalue weighted by atomic mass is 32.2. The van der Waals surface area contributed by atoms with Gasteiger partial charge in [-0.3, -0.25) is 15.0 Å². The number of amides is 2. The van der Waals surface area contributed by atoms with Crippen LogP contribution in [-0.4, -0.2) is 50.9 Å². The van der Waals surface area contributed by atoms with Gasteiger partial charge in [-0.25, -0.2) is 4.39 Å². The maximum absolute atomic E-state index is 13.8. The van der Waals surface area contributed by atoms with Crippen molar-refractivity contribution in [2.45, 2.75) is 25.9 Å². The van der Waals surface area contributed by atoms with Crippen LogP contribution in [0.3, 0.4) is 0 Å². The van der Waals surface area contributed by atoms with Crippen LogP contribution in [0.15, 0.2) is 64.2 Å². The van der Waals surface area contributed by atoms with Crippen LogP contribution in [-0.2, 0) is 16.2 Å². The number of carbonyl (C=O) groups excluding carboxylic acids is 2. The molecule has 1 saturated heterocycles. The van der Waals surface area contributed by atoms with Gasteiger partial charge in [0, 0.05) is 18.7 Å². The van der Waals surface area contributed by atoms with Crippen LogP contribution in [0.4, 0.5) is 4.39 Å². The number of ether oxygens (including phenoxy) is 1. The van der Waals surface area contributed by atoms with Gasteiger partial charge in [0.1, 0.15) is 23.2 Å². The molecule has 1 N–H and O–H groups in total. The Labute approximate surface area is 205 Å². The maximum Gasteiger partial charge on any atom is 0.283 e. The number of halogens is 1. The molecule has 0 bridgehead atoms. The molecule has 10 heteroatoms. The molecule has 1 fully saturated rings. The number of amidine groups is 2. The summed E-state index contributed by atoms with van der Waals surface area (Å²) in [6.07, 6.45) is 3.72. The zero-order valence-corrected chi connectivity index (χ0v) is 19.6. The lowest BCUT2D eigenvalue weighted by atomic mass is 10.1. The molecule has 0 aromatic heterocycles. The fraction of sp³-hybridized carbons (Fsp3) is 0.240. The Bertz CT molecular complexity index is 1280. The van der Waals surface area contributed by atoms with Crippen LogP contribution in [0.2, 0.25) is 0 Å². The van der Waals surface area contributed by atoms with Gasteiger partial charge in [-0.05, 0) is 54.4 Å². The van der Waals surface area contributed by atoms with Crippen molar-refractivity contribution in [3.8, 4) is 5.75 Å². The summed E-state index contributed by atoms with van der Waals surface area (Å²) in [5, 5.41) is 15.0. The molecular formula is C25H22FN5O3S. The molecule has 178 valence electrons. The Hall–Kier alpha value is -3.79. The number of hydrogen-bond acceptors (Lipinski definition) is 6. The third-order valence-corrected chi connectivity index (χ3v) is 6.71. The van der Waals surface area contributed by atoms with Gasteiger partial charge in [0.05, 0.1) is 12.0 Å². The Morgan fingerprint density at radius 3 is 2.63 bits per heavy atom. The first-order valence-corrected chi connectivity index (χ1v) is 12.0. The number of likely N-dealkylation sites (tertiary alicyclic amines) is 1. The summed E-state index contributed by atoms with van der Waals surface area (Å²) in [5.74, 6) is -0.393. The number of nitrogens with one attached hydrogen (secondary N) is 1. The lowest BCUT2D eigenvalue weighted by Crippen LogP contribution is -2.35. The SMILES string of the molecule is N=C1/C(=C/c2ccc(OCc3ccccc3F)cc2)C(=O)N=C2SC(CC(=O)N3CCCC3)=NN12. The van der Waals surface area contributed by atoms with Crippen molar-refractivity contribution in [3.63, 3.8) is 0 Å². The molecular weight excluding hydrogens is 469 g/mol. The average Bonchev–Trinajstić information content (AvgIpc) is 3.52. The summed E-state index contributed by atoms with van der Waals surface area (Å²) in [6, 6.07) is 13.3. The summed E-state index contributed by atoms with van der Waals surface area (Å²) in [6.45, 7) is 1.62. The number of aliphatic imine (C=N–C) groups is 1. The second kappa shape index (κ2) is 9.83. The molecule has 3 heterocycles. The van der Waals surface area contributed by atoms with Crippen molar-refractivity contribution in [3.05, 3.63) is 71.0 Å². The van der Waals surface area contributed by atoms with E-state index < -0.39 is 5.91 Å². The largest absolute Gasteiger partial charge is 0.489 e. The van der Waals surface area contributed by atoms with Crippen molar-refractivity contribution in [1.82, 2.24) is 9.91 Å². The second-order valence-electron chi connectivity index (χ2n) is 8.23. The monoisotopic (exact) mass is 491 g/mol. The van der Waals surface area contributed by atoms with Crippen LogP contribution in [0.25, 0.3) is 6.08 Å². The van der Waals surface area contributed by atoms with Crippen molar-refractivity contribution in [2.24, 2.45) is 10.1 Å². The number of hydrogen-bond donors (Lipinski definition) is 1. The molecule has 0 saturated carbocycles. The molecule has 2 aromatic carbocycles. The van der Waals surface area contributed by atoms with Crippen LogP contribution < -0.4 is 4.74 Å².